The highest BCUT2D eigenvalue weighted by atomic mass is 127. The number of hydrogen-bond donors (Lipinski definition) is 0. The second kappa shape index (κ2) is 12.3. The van der Waals surface area contributed by atoms with E-state index in [1.54, 1.807) is 6.08 Å². The van der Waals surface area contributed by atoms with Crippen molar-refractivity contribution in [3.05, 3.63) is 33.1 Å². The summed E-state index contributed by atoms with van der Waals surface area (Å²) in [6.07, 6.45) is 4.99. The molecule has 6 heteroatoms. The van der Waals surface area contributed by atoms with Crippen molar-refractivity contribution in [2.75, 3.05) is 14.2 Å². The molecule has 0 aromatic rings. The highest BCUT2D eigenvalue weighted by Gasteiger charge is 2.41. The predicted octanol–water partition coefficient (Wildman–Crippen LogP) is 7.03. The van der Waals surface area contributed by atoms with Crippen molar-refractivity contribution in [3.63, 3.8) is 0 Å². The molecule has 0 aliphatic heterocycles. The molecule has 0 spiro atoms. The molecule has 4 nitrogen and oxygen atoms in total. The molecule has 0 saturated carbocycles. The number of hydrogen-bond acceptors (Lipinski definition) is 4. The normalized spacial score (nSPS) is 17.6. The summed E-state index contributed by atoms with van der Waals surface area (Å²) in [4.78, 5) is 11.8. The second-order valence-corrected chi connectivity index (χ2v) is 14.8. The van der Waals surface area contributed by atoms with Crippen LogP contribution in [0.1, 0.15) is 54.9 Å². The summed E-state index contributed by atoms with van der Waals surface area (Å²) in [6, 6.07) is 0. The molecule has 0 aliphatic rings. The van der Waals surface area contributed by atoms with Gasteiger partial charge in [-0.2, -0.15) is 0 Å². The second-order valence-electron chi connectivity index (χ2n) is 9.45. The largest absolute Gasteiger partial charge is 0.490 e. The minimum atomic E-state index is -1.93. The number of rotatable bonds is 10. The minimum absolute atomic E-state index is 0.0923. The van der Waals surface area contributed by atoms with Crippen LogP contribution in [-0.2, 0) is 18.7 Å². The van der Waals surface area contributed by atoms with E-state index >= 15 is 0 Å². The van der Waals surface area contributed by atoms with Crippen LogP contribution in [0.25, 0.3) is 0 Å². The van der Waals surface area contributed by atoms with Gasteiger partial charge >= 0.3 is 5.97 Å². The van der Waals surface area contributed by atoms with Crippen molar-refractivity contribution in [3.8, 4) is 0 Å². The number of methoxy groups -OCH3 is 2. The van der Waals surface area contributed by atoms with Crippen LogP contribution >= 0.6 is 22.6 Å². The van der Waals surface area contributed by atoms with Gasteiger partial charge in [0.15, 0.2) is 8.32 Å². The molecule has 0 aliphatic carbocycles. The Morgan fingerprint density at radius 2 is 1.66 bits per heavy atom. The molecule has 0 aromatic carbocycles. The van der Waals surface area contributed by atoms with Crippen LogP contribution in [0.2, 0.25) is 18.1 Å². The van der Waals surface area contributed by atoms with Gasteiger partial charge < -0.3 is 13.9 Å². The molecule has 0 amide bonds. The van der Waals surface area contributed by atoms with Crippen LogP contribution in [-0.4, -0.2) is 34.6 Å². The molecule has 168 valence electrons. The van der Waals surface area contributed by atoms with Gasteiger partial charge in [0, 0.05) is 0 Å². The van der Waals surface area contributed by atoms with Crippen LogP contribution in [0, 0.1) is 11.8 Å². The van der Waals surface area contributed by atoms with Crippen molar-refractivity contribution < 1.29 is 18.7 Å². The van der Waals surface area contributed by atoms with Crippen molar-refractivity contribution in [2.45, 2.75) is 79.1 Å². The third-order valence-electron chi connectivity index (χ3n) is 5.64. The molecule has 0 bridgehead atoms. The van der Waals surface area contributed by atoms with Crippen LogP contribution in [0.4, 0.5) is 0 Å². The maximum absolute atomic E-state index is 11.8. The number of allylic oxidation sites excluding steroid dienone is 3. The van der Waals surface area contributed by atoms with Gasteiger partial charge in [-0.1, -0.05) is 74.4 Å². The summed E-state index contributed by atoms with van der Waals surface area (Å²) in [5, 5.41) is 0.144. The zero-order valence-corrected chi connectivity index (χ0v) is 23.3. The van der Waals surface area contributed by atoms with Gasteiger partial charge in [-0.05, 0) is 60.4 Å². The first-order valence-electron chi connectivity index (χ1n) is 10.2. The average molecular weight is 537 g/mol. The maximum Gasteiger partial charge on any atom is 0.373 e. The van der Waals surface area contributed by atoms with Crippen LogP contribution in [0.15, 0.2) is 33.1 Å². The van der Waals surface area contributed by atoms with E-state index in [0.29, 0.717) is 5.92 Å². The maximum atomic E-state index is 11.8. The molecule has 0 rings (SSSR count). The lowest BCUT2D eigenvalue weighted by atomic mass is 9.88. The van der Waals surface area contributed by atoms with Crippen molar-refractivity contribution >= 4 is 36.9 Å². The first kappa shape index (κ1) is 28.4. The van der Waals surface area contributed by atoms with Crippen molar-refractivity contribution in [1.29, 1.82) is 0 Å². The molecule has 3 atom stereocenters. The fraction of sp³-hybridized carbons (Fsp3) is 0.696. The zero-order chi connectivity index (χ0) is 23.0. The summed E-state index contributed by atoms with van der Waals surface area (Å²) in [5.41, 5.74) is 2.32. The molecule has 0 aromatic heterocycles. The quantitative estimate of drug-likeness (QED) is 0.0751. The average Bonchev–Trinajstić information content (AvgIpc) is 2.61. The molecule has 0 radical (unpaired) electrons. The standard InChI is InChI=1S/C23H41IO4Si/c1-16(14-20(26-8)22(25)27-9)12-18(3)21(19(4)13-17(2)15-24)28-29(10,11)23(5,6)7/h12,14-15,18-19,21H,13H2,1-11H3/b16-12+,17-15+,20-14-/t18-,19+,21-/m1/s1. The van der Waals surface area contributed by atoms with Gasteiger partial charge in [0.25, 0.3) is 0 Å². The summed E-state index contributed by atoms with van der Waals surface area (Å²) in [7, 11) is 0.895. The Balaban J connectivity index is 5.87. The lowest BCUT2D eigenvalue weighted by Gasteiger charge is -2.42. The van der Waals surface area contributed by atoms with E-state index in [1.165, 1.54) is 19.8 Å². The molecule has 0 heterocycles. The molecule has 0 unspecified atom stereocenters. The SMILES string of the molecule is COC(=O)/C(=C/C(C)=C/[C@@H](C)[C@@H](O[Si](C)(C)C(C)(C)C)[C@@H](C)C/C(C)=C/I)OC. The summed E-state index contributed by atoms with van der Waals surface area (Å²) in [5.74, 6) is 0.291. The first-order chi connectivity index (χ1) is 13.2. The fourth-order valence-corrected chi connectivity index (χ4v) is 4.73. The first-order valence-corrected chi connectivity index (χ1v) is 14.3. The highest BCUT2D eigenvalue weighted by molar-refractivity contribution is 14.1. The lowest BCUT2D eigenvalue weighted by molar-refractivity contribution is -0.139. The van der Waals surface area contributed by atoms with E-state index in [9.17, 15) is 4.79 Å². The summed E-state index contributed by atoms with van der Waals surface area (Å²) in [6.45, 7) is 20.0. The molecular weight excluding hydrogens is 495 g/mol. The van der Waals surface area contributed by atoms with Crippen molar-refractivity contribution in [2.24, 2.45) is 11.8 Å². The summed E-state index contributed by atoms with van der Waals surface area (Å²) >= 11 is 2.30. The Kier molecular flexibility index (Phi) is 12.0. The Bertz CT molecular complexity index is 629. The third kappa shape index (κ3) is 9.38. The molecule has 0 saturated heterocycles. The smallest absolute Gasteiger partial charge is 0.373 e. The Morgan fingerprint density at radius 3 is 2.07 bits per heavy atom. The zero-order valence-electron chi connectivity index (χ0n) is 20.2. The Morgan fingerprint density at radius 1 is 1.10 bits per heavy atom. The molecular formula is C23H41IO4Si. The molecule has 0 N–H and O–H groups in total. The number of ether oxygens (including phenoxy) is 2. The number of carbonyl (C=O) groups excluding carboxylic acids is 1. The third-order valence-corrected chi connectivity index (χ3v) is 11.2. The minimum Gasteiger partial charge on any atom is -0.490 e. The van der Waals surface area contributed by atoms with Gasteiger partial charge in [-0.15, -0.1) is 0 Å². The van der Waals surface area contributed by atoms with Gasteiger partial charge in [0.1, 0.15) is 0 Å². The van der Waals surface area contributed by atoms with E-state index in [2.05, 4.69) is 87.4 Å². The highest BCUT2D eigenvalue weighted by Crippen LogP contribution is 2.40. The fourth-order valence-electron chi connectivity index (χ4n) is 2.99. The van der Waals surface area contributed by atoms with E-state index < -0.39 is 14.3 Å². The van der Waals surface area contributed by atoms with Crippen molar-refractivity contribution in [1.82, 2.24) is 0 Å². The Labute approximate surface area is 193 Å². The lowest BCUT2D eigenvalue weighted by Crippen LogP contribution is -2.47. The number of halogens is 1. The van der Waals surface area contributed by atoms with Gasteiger partial charge in [0.2, 0.25) is 5.76 Å². The van der Waals surface area contributed by atoms with Gasteiger partial charge in [-0.3, -0.25) is 0 Å². The van der Waals surface area contributed by atoms with Crippen LogP contribution in [0.3, 0.4) is 0 Å². The monoisotopic (exact) mass is 536 g/mol. The van der Waals surface area contributed by atoms with Gasteiger partial charge in [-0.25, -0.2) is 4.79 Å². The summed E-state index contributed by atoms with van der Waals surface area (Å²) < 4.78 is 19.0. The van der Waals surface area contributed by atoms with Gasteiger partial charge in [0.05, 0.1) is 20.3 Å². The molecule has 29 heavy (non-hydrogen) atoms. The van der Waals surface area contributed by atoms with E-state index in [0.717, 1.165) is 12.0 Å². The topological polar surface area (TPSA) is 44.8 Å². The Hall–Kier alpha value is -0.603. The predicted molar refractivity (Wildman–Crippen MR) is 134 cm³/mol. The van der Waals surface area contributed by atoms with Crippen LogP contribution < -0.4 is 0 Å². The van der Waals surface area contributed by atoms with Crippen LogP contribution in [0.5, 0.6) is 0 Å². The van der Waals surface area contributed by atoms with E-state index in [1.807, 2.05) is 6.92 Å². The van der Waals surface area contributed by atoms with E-state index in [-0.39, 0.29) is 22.8 Å². The van der Waals surface area contributed by atoms with E-state index in [4.69, 9.17) is 13.9 Å². The number of esters is 1. The number of carbonyl (C=O) groups is 1. The molecule has 0 fully saturated rings.